The number of rotatable bonds is 3. The smallest absolute Gasteiger partial charge is 0.0287 e. The molecule has 0 spiro atoms. The average molecular weight is 153 g/mol. The average Bonchev–Trinajstić information content (AvgIpc) is 2.03. The van der Waals surface area contributed by atoms with Crippen molar-refractivity contribution >= 4 is 0 Å². The van der Waals surface area contributed by atoms with E-state index in [0.29, 0.717) is 0 Å². The number of hydrogen-bond donors (Lipinski definition) is 0. The molecule has 0 aliphatic heterocycles. The van der Waals surface area contributed by atoms with Gasteiger partial charge >= 0.3 is 0 Å². The highest BCUT2D eigenvalue weighted by Gasteiger charge is 1.85. The van der Waals surface area contributed by atoms with Gasteiger partial charge in [0.05, 0.1) is 0 Å². The number of hydrogen-bond acceptors (Lipinski definition) is 1. The van der Waals surface area contributed by atoms with Gasteiger partial charge in [0, 0.05) is 19.8 Å². The van der Waals surface area contributed by atoms with Crippen molar-refractivity contribution in [2.45, 2.75) is 13.8 Å². The predicted octanol–water partition coefficient (Wildman–Crippen LogP) is 2.83. The van der Waals surface area contributed by atoms with Crippen LogP contribution in [0.5, 0.6) is 0 Å². The molecular formula is C10H19N. The molecular weight excluding hydrogens is 134 g/mol. The van der Waals surface area contributed by atoms with Gasteiger partial charge in [-0.1, -0.05) is 39.2 Å². The first-order chi connectivity index (χ1) is 5.18. The maximum atomic E-state index is 3.78. The van der Waals surface area contributed by atoms with E-state index in [0.717, 1.165) is 5.70 Å². The molecule has 0 aromatic heterocycles. The van der Waals surface area contributed by atoms with Gasteiger partial charge in [-0.15, -0.1) is 0 Å². The van der Waals surface area contributed by atoms with Crippen LogP contribution < -0.4 is 0 Å². The van der Waals surface area contributed by atoms with E-state index in [9.17, 15) is 0 Å². The van der Waals surface area contributed by atoms with Crippen LogP contribution in [0.15, 0.2) is 37.1 Å². The number of nitrogens with zero attached hydrogens (tertiary/aromatic N) is 1. The van der Waals surface area contributed by atoms with Crippen LogP contribution in [0.4, 0.5) is 0 Å². The van der Waals surface area contributed by atoms with Gasteiger partial charge in [-0.3, -0.25) is 0 Å². The molecule has 0 heterocycles. The topological polar surface area (TPSA) is 3.24 Å². The molecule has 0 aliphatic rings. The van der Waals surface area contributed by atoms with Crippen LogP contribution in [-0.4, -0.2) is 19.0 Å². The first kappa shape index (κ1) is 12.7. The van der Waals surface area contributed by atoms with E-state index >= 15 is 0 Å². The Labute approximate surface area is 70.7 Å². The first-order valence-electron chi connectivity index (χ1n) is 3.84. The third-order valence-electron chi connectivity index (χ3n) is 0.999. The molecule has 1 heteroatoms. The standard InChI is InChI=1S/C8H13N.C2H6/c1-5-6-7-8(2)9(3)4;1-2/h5-7H,1-2H2,3-4H3;1-2H3/b7-6-;. The van der Waals surface area contributed by atoms with Crippen molar-refractivity contribution in [1.82, 2.24) is 4.90 Å². The molecule has 0 unspecified atom stereocenters. The summed E-state index contributed by atoms with van der Waals surface area (Å²) in [5, 5.41) is 0. The zero-order valence-electron chi connectivity index (χ0n) is 8.09. The van der Waals surface area contributed by atoms with Crippen molar-refractivity contribution < 1.29 is 0 Å². The van der Waals surface area contributed by atoms with Crippen molar-refractivity contribution in [3.8, 4) is 0 Å². The summed E-state index contributed by atoms with van der Waals surface area (Å²) in [6, 6.07) is 0. The Kier molecular flexibility index (Phi) is 10.4. The van der Waals surface area contributed by atoms with Crippen LogP contribution in [0.2, 0.25) is 0 Å². The molecule has 0 N–H and O–H groups in total. The summed E-state index contributed by atoms with van der Waals surface area (Å²) in [5.74, 6) is 0. The van der Waals surface area contributed by atoms with E-state index in [-0.39, 0.29) is 0 Å². The zero-order valence-corrected chi connectivity index (χ0v) is 8.09. The molecule has 0 aliphatic carbocycles. The van der Waals surface area contributed by atoms with Crippen LogP contribution in [0.3, 0.4) is 0 Å². The third kappa shape index (κ3) is 9.02. The molecule has 0 aromatic carbocycles. The van der Waals surface area contributed by atoms with Gasteiger partial charge in [0.1, 0.15) is 0 Å². The van der Waals surface area contributed by atoms with E-state index < -0.39 is 0 Å². The second-order valence-corrected chi connectivity index (χ2v) is 1.98. The molecule has 0 atom stereocenters. The molecule has 0 radical (unpaired) electrons. The molecule has 0 amide bonds. The highest BCUT2D eigenvalue weighted by molar-refractivity contribution is 5.16. The fraction of sp³-hybridized carbons (Fsp3) is 0.400. The largest absolute Gasteiger partial charge is 0.378 e. The van der Waals surface area contributed by atoms with Crippen LogP contribution >= 0.6 is 0 Å². The molecule has 0 fully saturated rings. The van der Waals surface area contributed by atoms with Crippen LogP contribution in [-0.2, 0) is 0 Å². The molecule has 64 valence electrons. The van der Waals surface area contributed by atoms with Crippen molar-refractivity contribution in [2.75, 3.05) is 14.1 Å². The quantitative estimate of drug-likeness (QED) is 0.563. The van der Waals surface area contributed by atoms with Gasteiger partial charge in [0.25, 0.3) is 0 Å². The summed E-state index contributed by atoms with van der Waals surface area (Å²) in [6.07, 6.45) is 5.50. The molecule has 1 nitrogen and oxygen atoms in total. The Morgan fingerprint density at radius 2 is 1.73 bits per heavy atom. The summed E-state index contributed by atoms with van der Waals surface area (Å²) in [7, 11) is 3.91. The lowest BCUT2D eigenvalue weighted by Crippen LogP contribution is -2.07. The van der Waals surface area contributed by atoms with Gasteiger partial charge in [-0.25, -0.2) is 0 Å². The van der Waals surface area contributed by atoms with Crippen molar-refractivity contribution in [3.63, 3.8) is 0 Å². The van der Waals surface area contributed by atoms with Gasteiger partial charge in [-0.2, -0.15) is 0 Å². The maximum Gasteiger partial charge on any atom is 0.0287 e. The summed E-state index contributed by atoms with van der Waals surface area (Å²) in [4.78, 5) is 1.94. The van der Waals surface area contributed by atoms with E-state index in [1.54, 1.807) is 6.08 Å². The van der Waals surface area contributed by atoms with E-state index in [1.807, 2.05) is 45.0 Å². The SMILES string of the molecule is C=C/C=C\C(=C)N(C)C.CC. The van der Waals surface area contributed by atoms with Crippen molar-refractivity contribution in [1.29, 1.82) is 0 Å². The fourth-order valence-corrected chi connectivity index (χ4v) is 0.328. The molecule has 0 saturated carbocycles. The van der Waals surface area contributed by atoms with E-state index in [1.165, 1.54) is 0 Å². The van der Waals surface area contributed by atoms with Gasteiger partial charge in [0.2, 0.25) is 0 Å². The summed E-state index contributed by atoms with van der Waals surface area (Å²) in [6.45, 7) is 11.3. The van der Waals surface area contributed by atoms with Crippen LogP contribution in [0.25, 0.3) is 0 Å². The number of likely N-dealkylation sites (N-methyl/N-ethyl adjacent to an activating group) is 1. The Hall–Kier alpha value is -0.980. The summed E-state index contributed by atoms with van der Waals surface area (Å²) in [5.41, 5.74) is 0.981. The maximum absolute atomic E-state index is 3.78. The minimum atomic E-state index is 0.981. The first-order valence-corrected chi connectivity index (χ1v) is 3.84. The molecule has 0 bridgehead atoms. The van der Waals surface area contributed by atoms with Gasteiger partial charge < -0.3 is 4.90 Å². The third-order valence-corrected chi connectivity index (χ3v) is 0.999. The highest BCUT2D eigenvalue weighted by atomic mass is 15.1. The van der Waals surface area contributed by atoms with Crippen LogP contribution in [0.1, 0.15) is 13.8 Å². The highest BCUT2D eigenvalue weighted by Crippen LogP contribution is 1.94. The molecule has 0 saturated heterocycles. The predicted molar refractivity (Wildman–Crippen MR) is 53.5 cm³/mol. The van der Waals surface area contributed by atoms with E-state index in [4.69, 9.17) is 0 Å². The molecule has 0 rings (SSSR count). The Balaban J connectivity index is 0. The lowest BCUT2D eigenvalue weighted by Gasteiger charge is -2.10. The van der Waals surface area contributed by atoms with Gasteiger partial charge in [-0.05, 0) is 6.08 Å². The number of allylic oxidation sites excluding steroid dienone is 3. The minimum absolute atomic E-state index is 0.981. The Morgan fingerprint density at radius 1 is 1.27 bits per heavy atom. The normalized spacial score (nSPS) is 8.36. The van der Waals surface area contributed by atoms with Gasteiger partial charge in [0.15, 0.2) is 0 Å². The monoisotopic (exact) mass is 153 g/mol. The van der Waals surface area contributed by atoms with E-state index in [2.05, 4.69) is 13.2 Å². The lowest BCUT2D eigenvalue weighted by molar-refractivity contribution is 0.532. The lowest BCUT2D eigenvalue weighted by atomic mass is 10.4. The minimum Gasteiger partial charge on any atom is -0.378 e. The fourth-order valence-electron chi connectivity index (χ4n) is 0.328. The Bertz CT molecular complexity index is 132. The molecule has 11 heavy (non-hydrogen) atoms. The summed E-state index contributed by atoms with van der Waals surface area (Å²) >= 11 is 0. The summed E-state index contributed by atoms with van der Waals surface area (Å²) < 4.78 is 0. The van der Waals surface area contributed by atoms with Crippen molar-refractivity contribution in [2.24, 2.45) is 0 Å². The second-order valence-electron chi connectivity index (χ2n) is 1.98. The second kappa shape index (κ2) is 9.02. The zero-order chi connectivity index (χ0) is 9.28. The molecule has 0 aromatic rings. The van der Waals surface area contributed by atoms with Crippen LogP contribution in [0, 0.1) is 0 Å². The van der Waals surface area contributed by atoms with Crippen molar-refractivity contribution in [3.05, 3.63) is 37.1 Å². The Morgan fingerprint density at radius 3 is 2.00 bits per heavy atom.